The normalized spacial score (nSPS) is 33.1. The number of ketones is 1. The molecule has 0 amide bonds. The number of hydrogen-bond acceptors (Lipinski definition) is 4. The van der Waals surface area contributed by atoms with E-state index in [2.05, 4.69) is 5.32 Å². The van der Waals surface area contributed by atoms with Crippen molar-refractivity contribution in [3.63, 3.8) is 0 Å². The molecule has 1 aliphatic carbocycles. The first-order valence-electron chi connectivity index (χ1n) is 5.46. The number of esters is 1. The minimum absolute atomic E-state index is 0.121. The number of nitrogens with one attached hydrogen (secondary N) is 1. The summed E-state index contributed by atoms with van der Waals surface area (Å²) in [7, 11) is 0. The van der Waals surface area contributed by atoms with Gasteiger partial charge in [0.15, 0.2) is 5.60 Å². The lowest BCUT2D eigenvalue weighted by Gasteiger charge is -2.26. The smallest absolute Gasteiger partial charge is 0.311 e. The van der Waals surface area contributed by atoms with Gasteiger partial charge in [0.05, 0.1) is 5.92 Å². The molecule has 0 spiro atoms. The standard InChI is InChI=1S/C12H15NO3/c1-12(6-3-2-4-10(12)14)16-11(15)9-5-7-13-8-9/h2-4,6,9,13H,5,7-8H2,1H3. The molecular weight excluding hydrogens is 206 g/mol. The molecule has 4 heteroatoms. The summed E-state index contributed by atoms with van der Waals surface area (Å²) in [4.78, 5) is 23.4. The first kappa shape index (κ1) is 11.1. The molecule has 1 N–H and O–H groups in total. The van der Waals surface area contributed by atoms with Crippen LogP contribution in [0.1, 0.15) is 13.3 Å². The van der Waals surface area contributed by atoms with Crippen LogP contribution >= 0.6 is 0 Å². The van der Waals surface area contributed by atoms with Crippen molar-refractivity contribution in [2.45, 2.75) is 18.9 Å². The van der Waals surface area contributed by atoms with E-state index in [0.29, 0.717) is 6.54 Å². The second-order valence-electron chi connectivity index (χ2n) is 4.30. The fraction of sp³-hybridized carbons (Fsp3) is 0.500. The van der Waals surface area contributed by atoms with E-state index in [9.17, 15) is 9.59 Å². The molecule has 0 aromatic heterocycles. The molecule has 0 aromatic carbocycles. The lowest BCUT2D eigenvalue weighted by Crippen LogP contribution is -2.40. The predicted octanol–water partition coefficient (Wildman–Crippen LogP) is 0.593. The maximum absolute atomic E-state index is 11.8. The first-order valence-corrected chi connectivity index (χ1v) is 5.46. The highest BCUT2D eigenvalue weighted by Crippen LogP contribution is 2.21. The zero-order chi connectivity index (χ0) is 11.6. The first-order chi connectivity index (χ1) is 7.62. The predicted molar refractivity (Wildman–Crippen MR) is 58.8 cm³/mol. The van der Waals surface area contributed by atoms with Gasteiger partial charge in [-0.15, -0.1) is 0 Å². The molecule has 0 saturated carbocycles. The average Bonchev–Trinajstić information content (AvgIpc) is 2.76. The molecule has 2 aliphatic rings. The van der Waals surface area contributed by atoms with Gasteiger partial charge in [0.25, 0.3) is 0 Å². The number of ether oxygens (including phenoxy) is 1. The molecule has 1 heterocycles. The van der Waals surface area contributed by atoms with Gasteiger partial charge in [-0.1, -0.05) is 12.2 Å². The maximum atomic E-state index is 11.8. The molecule has 1 fully saturated rings. The van der Waals surface area contributed by atoms with Gasteiger partial charge >= 0.3 is 5.97 Å². The van der Waals surface area contributed by atoms with Crippen LogP contribution in [-0.4, -0.2) is 30.4 Å². The third-order valence-corrected chi connectivity index (χ3v) is 2.97. The number of allylic oxidation sites excluding steroid dienone is 2. The van der Waals surface area contributed by atoms with Crippen molar-refractivity contribution in [2.75, 3.05) is 13.1 Å². The fourth-order valence-electron chi connectivity index (χ4n) is 1.86. The zero-order valence-corrected chi connectivity index (χ0v) is 9.23. The Balaban J connectivity index is 2.03. The van der Waals surface area contributed by atoms with E-state index >= 15 is 0 Å². The molecule has 0 radical (unpaired) electrons. The summed E-state index contributed by atoms with van der Waals surface area (Å²) in [6.45, 7) is 3.10. The van der Waals surface area contributed by atoms with Crippen LogP contribution in [0.25, 0.3) is 0 Å². The summed E-state index contributed by atoms with van der Waals surface area (Å²) in [5.74, 6) is -0.598. The molecule has 0 aromatic rings. The Morgan fingerprint density at radius 1 is 1.56 bits per heavy atom. The minimum Gasteiger partial charge on any atom is -0.446 e. The van der Waals surface area contributed by atoms with E-state index in [1.165, 1.54) is 6.08 Å². The number of carbonyl (C=O) groups excluding carboxylic acids is 2. The number of rotatable bonds is 2. The van der Waals surface area contributed by atoms with E-state index in [-0.39, 0.29) is 17.7 Å². The SMILES string of the molecule is CC1(OC(=O)C2CCNC2)C=CC=CC1=O. The van der Waals surface area contributed by atoms with Crippen LogP contribution in [0.2, 0.25) is 0 Å². The van der Waals surface area contributed by atoms with Crippen LogP contribution in [0, 0.1) is 5.92 Å². The van der Waals surface area contributed by atoms with Crippen molar-refractivity contribution in [2.24, 2.45) is 5.92 Å². The fourth-order valence-corrected chi connectivity index (χ4v) is 1.86. The molecule has 1 aliphatic heterocycles. The molecule has 86 valence electrons. The highest BCUT2D eigenvalue weighted by Gasteiger charge is 2.36. The Hall–Kier alpha value is -1.42. The van der Waals surface area contributed by atoms with Gasteiger partial charge in [-0.25, -0.2) is 0 Å². The Labute approximate surface area is 94.3 Å². The minimum atomic E-state index is -1.12. The summed E-state index contributed by atoms with van der Waals surface area (Å²) >= 11 is 0. The van der Waals surface area contributed by atoms with Crippen molar-refractivity contribution in [1.82, 2.24) is 5.32 Å². The molecule has 0 bridgehead atoms. The molecule has 2 rings (SSSR count). The molecular formula is C12H15NO3. The lowest BCUT2D eigenvalue weighted by atomic mass is 9.95. The second kappa shape index (κ2) is 4.22. The molecule has 2 unspecified atom stereocenters. The van der Waals surface area contributed by atoms with Crippen molar-refractivity contribution in [3.05, 3.63) is 24.3 Å². The average molecular weight is 221 g/mol. The zero-order valence-electron chi connectivity index (χ0n) is 9.23. The van der Waals surface area contributed by atoms with Gasteiger partial charge in [-0.3, -0.25) is 9.59 Å². The summed E-state index contributed by atoms with van der Waals surface area (Å²) in [5.41, 5.74) is -1.12. The molecule has 1 saturated heterocycles. The Bertz CT molecular complexity index is 366. The van der Waals surface area contributed by atoms with Gasteiger partial charge in [0.1, 0.15) is 0 Å². The van der Waals surface area contributed by atoms with E-state index in [1.807, 2.05) is 0 Å². The van der Waals surface area contributed by atoms with Crippen molar-refractivity contribution < 1.29 is 14.3 Å². The van der Waals surface area contributed by atoms with E-state index in [4.69, 9.17) is 4.74 Å². The van der Waals surface area contributed by atoms with Gasteiger partial charge in [-0.2, -0.15) is 0 Å². The van der Waals surface area contributed by atoms with Crippen LogP contribution in [0.4, 0.5) is 0 Å². The van der Waals surface area contributed by atoms with E-state index in [1.54, 1.807) is 25.2 Å². The van der Waals surface area contributed by atoms with Crippen LogP contribution < -0.4 is 5.32 Å². The monoisotopic (exact) mass is 221 g/mol. The van der Waals surface area contributed by atoms with Gasteiger partial charge in [-0.05, 0) is 32.0 Å². The Morgan fingerprint density at radius 2 is 2.38 bits per heavy atom. The summed E-state index contributed by atoms with van der Waals surface area (Å²) in [5, 5.41) is 3.10. The van der Waals surface area contributed by atoms with Crippen molar-refractivity contribution in [1.29, 1.82) is 0 Å². The summed E-state index contributed by atoms with van der Waals surface area (Å²) in [6.07, 6.45) is 7.20. The van der Waals surface area contributed by atoms with E-state index in [0.717, 1.165) is 13.0 Å². The topological polar surface area (TPSA) is 55.4 Å². The van der Waals surface area contributed by atoms with Crippen LogP contribution in [0.15, 0.2) is 24.3 Å². The van der Waals surface area contributed by atoms with E-state index < -0.39 is 5.60 Å². The van der Waals surface area contributed by atoms with Crippen molar-refractivity contribution >= 4 is 11.8 Å². The van der Waals surface area contributed by atoms with Gasteiger partial charge in [0.2, 0.25) is 5.78 Å². The van der Waals surface area contributed by atoms with Crippen molar-refractivity contribution in [3.8, 4) is 0 Å². The van der Waals surface area contributed by atoms with Crippen LogP contribution in [0.5, 0.6) is 0 Å². The molecule has 2 atom stereocenters. The second-order valence-corrected chi connectivity index (χ2v) is 4.30. The third-order valence-electron chi connectivity index (χ3n) is 2.97. The lowest BCUT2D eigenvalue weighted by molar-refractivity contribution is -0.162. The highest BCUT2D eigenvalue weighted by atomic mass is 16.6. The largest absolute Gasteiger partial charge is 0.446 e. The third kappa shape index (κ3) is 2.07. The summed E-state index contributed by atoms with van der Waals surface area (Å²) < 4.78 is 5.31. The number of carbonyl (C=O) groups is 2. The van der Waals surface area contributed by atoms with Gasteiger partial charge in [0, 0.05) is 6.54 Å². The molecule has 4 nitrogen and oxygen atoms in total. The quantitative estimate of drug-likeness (QED) is 0.693. The Morgan fingerprint density at radius 3 is 3.00 bits per heavy atom. The Kier molecular flexibility index (Phi) is 2.92. The van der Waals surface area contributed by atoms with Crippen LogP contribution in [0.3, 0.4) is 0 Å². The van der Waals surface area contributed by atoms with Crippen LogP contribution in [-0.2, 0) is 14.3 Å². The number of hydrogen-bond donors (Lipinski definition) is 1. The summed E-state index contributed by atoms with van der Waals surface area (Å²) in [6, 6.07) is 0. The maximum Gasteiger partial charge on any atom is 0.311 e. The van der Waals surface area contributed by atoms with Gasteiger partial charge < -0.3 is 10.1 Å². The molecule has 16 heavy (non-hydrogen) atoms. The highest BCUT2D eigenvalue weighted by molar-refractivity contribution is 6.01.